The fraction of sp³-hybridized carbons (Fsp3) is 0.652. The Kier molecular flexibility index (Phi) is 7.17. The van der Waals surface area contributed by atoms with E-state index in [9.17, 15) is 9.59 Å². The van der Waals surface area contributed by atoms with E-state index < -0.39 is 11.7 Å². The molecular formula is C23H35N3O3. The van der Waals surface area contributed by atoms with Crippen molar-refractivity contribution in [2.24, 2.45) is 0 Å². The second-order valence-electron chi connectivity index (χ2n) is 9.11. The Bertz CT molecular complexity index is 700. The molecule has 160 valence electrons. The molecule has 2 heterocycles. The van der Waals surface area contributed by atoms with Gasteiger partial charge >= 0.3 is 6.09 Å². The van der Waals surface area contributed by atoms with Crippen LogP contribution >= 0.6 is 0 Å². The first kappa shape index (κ1) is 21.6. The second-order valence-corrected chi connectivity index (χ2v) is 9.11. The van der Waals surface area contributed by atoms with Crippen LogP contribution < -0.4 is 10.6 Å². The average Bonchev–Trinajstić information content (AvgIpc) is 3.21. The number of carbonyl (C=O) groups excluding carboxylic acids is 2. The number of nitrogens with one attached hydrogen (secondary N) is 2. The molecule has 6 heteroatoms. The third kappa shape index (κ3) is 6.20. The number of alkyl carbamates (subject to hydrolysis) is 1. The van der Waals surface area contributed by atoms with Crippen molar-refractivity contribution < 1.29 is 14.3 Å². The van der Waals surface area contributed by atoms with Crippen molar-refractivity contribution in [3.8, 4) is 0 Å². The van der Waals surface area contributed by atoms with Crippen molar-refractivity contribution in [2.45, 2.75) is 70.4 Å². The molecule has 2 aliphatic heterocycles. The summed E-state index contributed by atoms with van der Waals surface area (Å²) in [5.41, 5.74) is 2.36. The van der Waals surface area contributed by atoms with Crippen LogP contribution in [0.4, 0.5) is 4.79 Å². The minimum absolute atomic E-state index is 0.102. The van der Waals surface area contributed by atoms with Gasteiger partial charge in [-0.1, -0.05) is 24.3 Å². The third-order valence-corrected chi connectivity index (χ3v) is 5.73. The average molecular weight is 402 g/mol. The van der Waals surface area contributed by atoms with E-state index in [1.54, 1.807) is 0 Å². The molecular weight excluding hydrogens is 366 g/mol. The summed E-state index contributed by atoms with van der Waals surface area (Å²) < 4.78 is 5.20. The molecule has 1 aromatic rings. The summed E-state index contributed by atoms with van der Waals surface area (Å²) >= 11 is 0. The number of likely N-dealkylation sites (tertiary alicyclic amines) is 1. The summed E-state index contributed by atoms with van der Waals surface area (Å²) in [4.78, 5) is 26.1. The molecule has 29 heavy (non-hydrogen) atoms. The summed E-state index contributed by atoms with van der Waals surface area (Å²) in [5, 5.41) is 6.28. The predicted molar refractivity (Wildman–Crippen MR) is 114 cm³/mol. The smallest absolute Gasteiger partial charge is 0.407 e. The van der Waals surface area contributed by atoms with Crippen LogP contribution in [0.2, 0.25) is 0 Å². The minimum Gasteiger partial charge on any atom is -0.444 e. The van der Waals surface area contributed by atoms with Gasteiger partial charge in [0.05, 0.1) is 0 Å². The van der Waals surface area contributed by atoms with E-state index in [2.05, 4.69) is 34.9 Å². The minimum atomic E-state index is -0.527. The Balaban J connectivity index is 1.46. The van der Waals surface area contributed by atoms with E-state index in [1.165, 1.54) is 24.0 Å². The summed E-state index contributed by atoms with van der Waals surface area (Å²) in [6, 6.07) is 9.27. The zero-order valence-electron chi connectivity index (χ0n) is 18.0. The van der Waals surface area contributed by atoms with Gasteiger partial charge in [-0.25, -0.2) is 4.79 Å². The summed E-state index contributed by atoms with van der Waals surface area (Å²) in [5.74, 6) is 0.614. The first-order valence-electron chi connectivity index (χ1n) is 10.9. The van der Waals surface area contributed by atoms with Crippen LogP contribution in [0.5, 0.6) is 0 Å². The number of hydrogen-bond donors (Lipinski definition) is 2. The van der Waals surface area contributed by atoms with Crippen LogP contribution in [-0.2, 0) is 9.53 Å². The molecule has 1 aromatic carbocycles. The molecule has 2 N–H and O–H groups in total. The van der Waals surface area contributed by atoms with Crippen molar-refractivity contribution in [3.63, 3.8) is 0 Å². The Morgan fingerprint density at radius 3 is 2.45 bits per heavy atom. The third-order valence-electron chi connectivity index (χ3n) is 5.73. The first-order valence-corrected chi connectivity index (χ1v) is 10.9. The van der Waals surface area contributed by atoms with Gasteiger partial charge in [-0.3, -0.25) is 4.79 Å². The van der Waals surface area contributed by atoms with Crippen LogP contribution in [0, 0.1) is 0 Å². The number of piperidine rings is 1. The van der Waals surface area contributed by atoms with E-state index in [-0.39, 0.29) is 5.91 Å². The van der Waals surface area contributed by atoms with Gasteiger partial charge in [-0.05, 0) is 70.0 Å². The SMILES string of the molecule is CC(C)(C)OC(=O)NCCC(=O)N1CCC(c2ccccc2C2CCCN2)CC1. The molecule has 2 fully saturated rings. The lowest BCUT2D eigenvalue weighted by molar-refractivity contribution is -0.132. The van der Waals surface area contributed by atoms with Crippen molar-refractivity contribution in [1.82, 2.24) is 15.5 Å². The Morgan fingerprint density at radius 2 is 1.83 bits per heavy atom. The largest absolute Gasteiger partial charge is 0.444 e. The zero-order chi connectivity index (χ0) is 20.9. The molecule has 0 spiro atoms. The van der Waals surface area contributed by atoms with Crippen molar-refractivity contribution in [1.29, 1.82) is 0 Å². The Hall–Kier alpha value is -2.08. The van der Waals surface area contributed by atoms with Gasteiger partial charge in [0.25, 0.3) is 0 Å². The molecule has 6 nitrogen and oxygen atoms in total. The lowest BCUT2D eigenvalue weighted by atomic mass is 9.84. The van der Waals surface area contributed by atoms with Crippen LogP contribution in [0.25, 0.3) is 0 Å². The quantitative estimate of drug-likeness (QED) is 0.789. The van der Waals surface area contributed by atoms with Crippen LogP contribution in [0.15, 0.2) is 24.3 Å². The molecule has 0 aliphatic carbocycles. The van der Waals surface area contributed by atoms with Crippen molar-refractivity contribution >= 4 is 12.0 Å². The standard InChI is InChI=1S/C23H35N3O3/c1-23(2,3)29-22(28)25-14-10-21(27)26-15-11-17(12-16-26)18-7-4-5-8-19(18)20-9-6-13-24-20/h4-5,7-8,17,20,24H,6,9-16H2,1-3H3,(H,25,28). The van der Waals surface area contributed by atoms with E-state index in [1.807, 2.05) is 25.7 Å². The molecule has 3 rings (SSSR count). The normalized spacial score (nSPS) is 20.5. The molecule has 2 amide bonds. The van der Waals surface area contributed by atoms with Gasteiger partial charge in [0.15, 0.2) is 0 Å². The van der Waals surface area contributed by atoms with Crippen molar-refractivity contribution in [2.75, 3.05) is 26.2 Å². The summed E-state index contributed by atoms with van der Waals surface area (Å²) in [6.45, 7) is 8.44. The maximum Gasteiger partial charge on any atom is 0.407 e. The maximum atomic E-state index is 12.5. The van der Waals surface area contributed by atoms with E-state index in [4.69, 9.17) is 4.74 Å². The number of carbonyl (C=O) groups is 2. The molecule has 1 atom stereocenters. The molecule has 0 saturated carbocycles. The molecule has 1 unspecified atom stereocenters. The lowest BCUT2D eigenvalue weighted by Crippen LogP contribution is -2.40. The molecule has 2 aliphatic rings. The summed E-state index contributed by atoms with van der Waals surface area (Å²) in [7, 11) is 0. The highest BCUT2D eigenvalue weighted by Gasteiger charge is 2.27. The highest BCUT2D eigenvalue weighted by Crippen LogP contribution is 2.35. The fourth-order valence-corrected chi connectivity index (χ4v) is 4.33. The highest BCUT2D eigenvalue weighted by atomic mass is 16.6. The first-order chi connectivity index (χ1) is 13.8. The molecule has 2 saturated heterocycles. The number of benzene rings is 1. The molecule has 0 aromatic heterocycles. The van der Waals surface area contributed by atoms with E-state index in [0.29, 0.717) is 24.9 Å². The van der Waals surface area contributed by atoms with E-state index in [0.717, 1.165) is 32.5 Å². The summed E-state index contributed by atoms with van der Waals surface area (Å²) in [6.07, 6.45) is 4.28. The topological polar surface area (TPSA) is 70.7 Å². The van der Waals surface area contributed by atoms with Crippen LogP contribution in [0.1, 0.15) is 76.0 Å². The predicted octanol–water partition coefficient (Wildman–Crippen LogP) is 3.73. The van der Waals surface area contributed by atoms with Gasteiger partial charge in [-0.15, -0.1) is 0 Å². The zero-order valence-corrected chi connectivity index (χ0v) is 18.0. The van der Waals surface area contributed by atoms with Crippen molar-refractivity contribution in [3.05, 3.63) is 35.4 Å². The van der Waals surface area contributed by atoms with Gasteiger partial charge in [-0.2, -0.15) is 0 Å². The monoisotopic (exact) mass is 401 g/mol. The fourth-order valence-electron chi connectivity index (χ4n) is 4.33. The number of hydrogen-bond acceptors (Lipinski definition) is 4. The Morgan fingerprint density at radius 1 is 1.14 bits per heavy atom. The molecule has 0 bridgehead atoms. The Labute approximate surface area is 174 Å². The number of amides is 2. The van der Waals surface area contributed by atoms with Crippen LogP contribution in [-0.4, -0.2) is 48.7 Å². The van der Waals surface area contributed by atoms with Gasteiger partial charge < -0.3 is 20.3 Å². The van der Waals surface area contributed by atoms with Gasteiger partial charge in [0.1, 0.15) is 5.60 Å². The van der Waals surface area contributed by atoms with E-state index >= 15 is 0 Å². The second kappa shape index (κ2) is 9.61. The highest BCUT2D eigenvalue weighted by molar-refractivity contribution is 5.77. The van der Waals surface area contributed by atoms with Crippen LogP contribution in [0.3, 0.4) is 0 Å². The maximum absolute atomic E-state index is 12.5. The van der Waals surface area contributed by atoms with Gasteiger partial charge in [0.2, 0.25) is 5.91 Å². The molecule has 0 radical (unpaired) electrons. The van der Waals surface area contributed by atoms with Gasteiger partial charge in [0, 0.05) is 32.1 Å². The number of rotatable bonds is 5. The lowest BCUT2D eigenvalue weighted by Gasteiger charge is -2.34. The number of ether oxygens (including phenoxy) is 1. The number of nitrogens with zero attached hydrogens (tertiary/aromatic N) is 1.